The number of benzene rings is 1. The molecular weight excluding hydrogens is 351 g/mol. The van der Waals surface area contributed by atoms with Gasteiger partial charge in [-0.3, -0.25) is 4.72 Å². The van der Waals surface area contributed by atoms with Crippen molar-refractivity contribution >= 4 is 33.0 Å². The summed E-state index contributed by atoms with van der Waals surface area (Å²) < 4.78 is 40.2. The Bertz CT molecular complexity index is 913. The molecule has 0 unspecified atom stereocenters. The second-order valence-electron chi connectivity index (χ2n) is 4.79. The topological polar surface area (TPSA) is 84.0 Å². The van der Waals surface area contributed by atoms with E-state index in [4.69, 9.17) is 0 Å². The van der Waals surface area contributed by atoms with Crippen LogP contribution in [0.15, 0.2) is 58.1 Å². The fourth-order valence-electron chi connectivity index (χ4n) is 1.91. The molecule has 0 bridgehead atoms. The zero-order valence-electron chi connectivity index (χ0n) is 12.3. The number of halogens is 1. The van der Waals surface area contributed by atoms with Gasteiger partial charge < -0.3 is 5.32 Å². The lowest BCUT2D eigenvalue weighted by Crippen LogP contribution is -2.13. The Balaban J connectivity index is 1.65. The standard InChI is InChI=1S/C15H13FN4O2S2/c16-12-5-2-1-4-11(12)10-17-13-7-8-14(19-18-13)20-24(21,22)15-6-3-9-23-15/h1-9H,10H2,(H,17,18)(H,19,20). The minimum Gasteiger partial charge on any atom is -0.364 e. The first-order chi connectivity index (χ1) is 11.5. The molecule has 0 saturated carbocycles. The highest BCUT2D eigenvalue weighted by Gasteiger charge is 2.15. The minimum absolute atomic E-state index is 0.111. The molecule has 0 fully saturated rings. The normalized spacial score (nSPS) is 11.2. The first-order valence-electron chi connectivity index (χ1n) is 6.92. The maximum absolute atomic E-state index is 13.5. The molecule has 124 valence electrons. The van der Waals surface area contributed by atoms with Gasteiger partial charge in [-0.15, -0.1) is 21.5 Å². The van der Waals surface area contributed by atoms with Crippen LogP contribution in [0.2, 0.25) is 0 Å². The molecule has 0 amide bonds. The highest BCUT2D eigenvalue weighted by molar-refractivity contribution is 7.94. The summed E-state index contributed by atoms with van der Waals surface area (Å²) in [5.41, 5.74) is 0.502. The first-order valence-corrected chi connectivity index (χ1v) is 9.28. The van der Waals surface area contributed by atoms with Gasteiger partial charge in [0.25, 0.3) is 10.0 Å². The number of rotatable bonds is 6. The number of hydrogen-bond acceptors (Lipinski definition) is 6. The van der Waals surface area contributed by atoms with Gasteiger partial charge in [0.15, 0.2) is 5.82 Å². The zero-order chi connectivity index (χ0) is 17.0. The van der Waals surface area contributed by atoms with Crippen molar-refractivity contribution in [3.63, 3.8) is 0 Å². The number of hydrogen-bond donors (Lipinski definition) is 2. The molecule has 0 saturated heterocycles. The molecule has 0 radical (unpaired) electrons. The average Bonchev–Trinajstić information content (AvgIpc) is 3.11. The predicted molar refractivity (Wildman–Crippen MR) is 90.9 cm³/mol. The van der Waals surface area contributed by atoms with Crippen molar-refractivity contribution in [2.45, 2.75) is 10.8 Å². The lowest BCUT2D eigenvalue weighted by molar-refractivity contribution is 0.602. The molecule has 2 aromatic heterocycles. The van der Waals surface area contributed by atoms with Crippen molar-refractivity contribution in [1.82, 2.24) is 10.2 Å². The van der Waals surface area contributed by atoms with E-state index in [2.05, 4.69) is 20.2 Å². The van der Waals surface area contributed by atoms with Gasteiger partial charge >= 0.3 is 0 Å². The summed E-state index contributed by atoms with van der Waals surface area (Å²) in [6.07, 6.45) is 0. The van der Waals surface area contributed by atoms with E-state index in [0.29, 0.717) is 11.4 Å². The van der Waals surface area contributed by atoms with Crippen molar-refractivity contribution in [3.05, 3.63) is 65.3 Å². The highest BCUT2D eigenvalue weighted by atomic mass is 32.2. The fraction of sp³-hybridized carbons (Fsp3) is 0.0667. The van der Waals surface area contributed by atoms with Crippen molar-refractivity contribution in [2.24, 2.45) is 0 Å². The summed E-state index contributed by atoms with van der Waals surface area (Å²) in [7, 11) is -3.65. The highest BCUT2D eigenvalue weighted by Crippen LogP contribution is 2.19. The molecule has 24 heavy (non-hydrogen) atoms. The Morgan fingerprint density at radius 1 is 1.00 bits per heavy atom. The van der Waals surface area contributed by atoms with Crippen LogP contribution in [0, 0.1) is 5.82 Å². The van der Waals surface area contributed by atoms with Gasteiger partial charge in [0, 0.05) is 12.1 Å². The lowest BCUT2D eigenvalue weighted by atomic mass is 10.2. The fourth-order valence-corrected chi connectivity index (χ4v) is 3.90. The summed E-state index contributed by atoms with van der Waals surface area (Å²) in [6.45, 7) is 0.252. The van der Waals surface area contributed by atoms with Gasteiger partial charge in [-0.2, -0.15) is 0 Å². The Morgan fingerprint density at radius 3 is 2.42 bits per heavy atom. The molecule has 0 spiro atoms. The largest absolute Gasteiger partial charge is 0.364 e. The average molecular weight is 364 g/mol. The molecule has 3 aromatic rings. The summed E-state index contributed by atoms with van der Waals surface area (Å²) >= 11 is 1.11. The van der Waals surface area contributed by atoms with E-state index in [1.807, 2.05) is 0 Å². The van der Waals surface area contributed by atoms with Gasteiger partial charge in [-0.1, -0.05) is 24.3 Å². The third kappa shape index (κ3) is 3.87. The molecule has 0 aliphatic carbocycles. The quantitative estimate of drug-likeness (QED) is 0.702. The van der Waals surface area contributed by atoms with Crippen LogP contribution >= 0.6 is 11.3 Å². The van der Waals surface area contributed by atoms with Gasteiger partial charge in [0.1, 0.15) is 15.8 Å². The summed E-state index contributed by atoms with van der Waals surface area (Å²) in [5, 5.41) is 12.3. The summed E-state index contributed by atoms with van der Waals surface area (Å²) in [4.78, 5) is 0. The van der Waals surface area contributed by atoms with Crippen LogP contribution in [0.25, 0.3) is 0 Å². The Morgan fingerprint density at radius 2 is 1.75 bits per heavy atom. The lowest BCUT2D eigenvalue weighted by Gasteiger charge is -2.08. The van der Waals surface area contributed by atoms with E-state index in [9.17, 15) is 12.8 Å². The monoisotopic (exact) mass is 364 g/mol. The SMILES string of the molecule is O=S(=O)(Nc1ccc(NCc2ccccc2F)nn1)c1cccs1. The van der Waals surface area contributed by atoms with Crippen LogP contribution in [0.4, 0.5) is 16.0 Å². The van der Waals surface area contributed by atoms with Crippen molar-refractivity contribution in [3.8, 4) is 0 Å². The van der Waals surface area contributed by atoms with E-state index >= 15 is 0 Å². The molecule has 6 nitrogen and oxygen atoms in total. The number of nitrogens with zero attached hydrogens (tertiary/aromatic N) is 2. The van der Waals surface area contributed by atoms with E-state index in [-0.39, 0.29) is 22.4 Å². The predicted octanol–water partition coefficient (Wildman–Crippen LogP) is 3.09. The maximum atomic E-state index is 13.5. The van der Waals surface area contributed by atoms with Crippen LogP contribution in [-0.2, 0) is 16.6 Å². The van der Waals surface area contributed by atoms with E-state index < -0.39 is 10.0 Å². The molecule has 0 aliphatic rings. The summed E-state index contributed by atoms with van der Waals surface area (Å²) in [6, 6.07) is 12.6. The van der Waals surface area contributed by atoms with E-state index in [1.54, 1.807) is 35.7 Å². The summed E-state index contributed by atoms with van der Waals surface area (Å²) in [5.74, 6) is 0.218. The molecule has 1 aromatic carbocycles. The third-order valence-corrected chi connectivity index (χ3v) is 5.83. The van der Waals surface area contributed by atoms with Crippen LogP contribution in [0.3, 0.4) is 0 Å². The van der Waals surface area contributed by atoms with Gasteiger partial charge in [-0.25, -0.2) is 12.8 Å². The Hall–Kier alpha value is -2.52. The van der Waals surface area contributed by atoms with Gasteiger partial charge in [-0.05, 0) is 29.6 Å². The van der Waals surface area contributed by atoms with Crippen molar-refractivity contribution in [2.75, 3.05) is 10.0 Å². The van der Waals surface area contributed by atoms with Crippen LogP contribution in [0.1, 0.15) is 5.56 Å². The van der Waals surface area contributed by atoms with Crippen LogP contribution in [-0.4, -0.2) is 18.6 Å². The molecule has 2 N–H and O–H groups in total. The third-order valence-electron chi connectivity index (χ3n) is 3.08. The van der Waals surface area contributed by atoms with Crippen molar-refractivity contribution in [1.29, 1.82) is 0 Å². The van der Waals surface area contributed by atoms with Crippen molar-refractivity contribution < 1.29 is 12.8 Å². The Labute approximate surface area is 142 Å². The van der Waals surface area contributed by atoms with Crippen LogP contribution < -0.4 is 10.0 Å². The second kappa shape index (κ2) is 6.93. The molecule has 0 atom stereocenters. The zero-order valence-corrected chi connectivity index (χ0v) is 13.9. The molecule has 0 aliphatic heterocycles. The molecular formula is C15H13FN4O2S2. The van der Waals surface area contributed by atoms with Crippen LogP contribution in [0.5, 0.6) is 0 Å². The second-order valence-corrected chi connectivity index (χ2v) is 7.64. The maximum Gasteiger partial charge on any atom is 0.272 e. The minimum atomic E-state index is -3.65. The Kier molecular flexibility index (Phi) is 4.72. The number of thiophene rings is 1. The number of nitrogens with one attached hydrogen (secondary N) is 2. The molecule has 3 rings (SSSR count). The number of aromatic nitrogens is 2. The van der Waals surface area contributed by atoms with Gasteiger partial charge in [0.05, 0.1) is 0 Å². The number of anilines is 2. The first kappa shape index (κ1) is 16.3. The molecule has 9 heteroatoms. The molecule has 2 heterocycles. The van der Waals surface area contributed by atoms with E-state index in [0.717, 1.165) is 11.3 Å². The van der Waals surface area contributed by atoms with Gasteiger partial charge in [0.2, 0.25) is 0 Å². The van der Waals surface area contributed by atoms with E-state index in [1.165, 1.54) is 18.2 Å². The smallest absolute Gasteiger partial charge is 0.272 e. The number of sulfonamides is 1.